The Morgan fingerprint density at radius 1 is 1.33 bits per heavy atom. The number of ether oxygens (including phenoxy) is 1. The predicted molar refractivity (Wildman–Crippen MR) is 61.1 cm³/mol. The molecule has 0 saturated heterocycles. The molecular weight excluding hydrogens is 190 g/mol. The first-order valence-electron chi connectivity index (χ1n) is 5.05. The minimum Gasteiger partial charge on any atom is -0.479 e. The van der Waals surface area contributed by atoms with E-state index in [0.717, 1.165) is 16.6 Å². The minimum absolute atomic E-state index is 0.593. The van der Waals surface area contributed by atoms with E-state index in [-0.39, 0.29) is 0 Å². The van der Waals surface area contributed by atoms with Gasteiger partial charge in [0.25, 0.3) is 0 Å². The number of methoxy groups -OCH3 is 1. The van der Waals surface area contributed by atoms with Gasteiger partial charge in [-0.15, -0.1) is 0 Å². The molecular formula is C11H17N3O. The van der Waals surface area contributed by atoms with Gasteiger partial charge in [-0.1, -0.05) is 13.8 Å². The molecule has 0 aliphatic carbocycles. The van der Waals surface area contributed by atoms with Crippen molar-refractivity contribution < 1.29 is 4.74 Å². The first kappa shape index (κ1) is 11.5. The maximum atomic E-state index is 5.13. The van der Waals surface area contributed by atoms with Crippen molar-refractivity contribution in [2.75, 3.05) is 7.11 Å². The van der Waals surface area contributed by atoms with Gasteiger partial charge in [-0.25, -0.2) is 4.98 Å². The highest BCUT2D eigenvalue weighted by Crippen LogP contribution is 2.21. The molecule has 0 aliphatic rings. The SMILES string of the molecule is CC.COc1nc(C)cc2cn(C)nc12. The summed E-state index contributed by atoms with van der Waals surface area (Å²) in [5, 5.41) is 5.32. The molecule has 15 heavy (non-hydrogen) atoms. The van der Waals surface area contributed by atoms with Crippen molar-refractivity contribution in [1.29, 1.82) is 0 Å². The van der Waals surface area contributed by atoms with Gasteiger partial charge < -0.3 is 4.74 Å². The summed E-state index contributed by atoms with van der Waals surface area (Å²) in [6.07, 6.45) is 1.95. The van der Waals surface area contributed by atoms with E-state index in [1.54, 1.807) is 11.8 Å². The molecule has 0 aliphatic heterocycles. The van der Waals surface area contributed by atoms with Crippen molar-refractivity contribution >= 4 is 10.9 Å². The van der Waals surface area contributed by atoms with Gasteiger partial charge in [0.1, 0.15) is 0 Å². The van der Waals surface area contributed by atoms with Crippen LogP contribution in [0.3, 0.4) is 0 Å². The van der Waals surface area contributed by atoms with E-state index in [1.165, 1.54) is 0 Å². The second-order valence-electron chi connectivity index (χ2n) is 3.01. The first-order valence-corrected chi connectivity index (χ1v) is 5.05. The van der Waals surface area contributed by atoms with E-state index >= 15 is 0 Å². The summed E-state index contributed by atoms with van der Waals surface area (Å²) < 4.78 is 6.89. The van der Waals surface area contributed by atoms with Crippen molar-refractivity contribution in [3.05, 3.63) is 18.0 Å². The molecule has 2 rings (SSSR count). The summed E-state index contributed by atoms with van der Waals surface area (Å²) in [6.45, 7) is 5.94. The topological polar surface area (TPSA) is 39.9 Å². The lowest BCUT2D eigenvalue weighted by Crippen LogP contribution is -1.92. The largest absolute Gasteiger partial charge is 0.479 e. The lowest BCUT2D eigenvalue weighted by atomic mass is 10.3. The Balaban J connectivity index is 0.000000531. The van der Waals surface area contributed by atoms with Crippen LogP contribution in [0.4, 0.5) is 0 Å². The van der Waals surface area contributed by atoms with Crippen LogP contribution in [0.25, 0.3) is 10.9 Å². The average molecular weight is 207 g/mol. The van der Waals surface area contributed by atoms with E-state index in [0.29, 0.717) is 5.88 Å². The molecule has 0 bridgehead atoms. The summed E-state index contributed by atoms with van der Waals surface area (Å²) in [4.78, 5) is 4.24. The molecule has 0 N–H and O–H groups in total. The van der Waals surface area contributed by atoms with Crippen LogP contribution in [0.2, 0.25) is 0 Å². The molecule has 82 valence electrons. The molecule has 4 heteroatoms. The highest BCUT2D eigenvalue weighted by atomic mass is 16.5. The maximum Gasteiger partial charge on any atom is 0.242 e. The van der Waals surface area contributed by atoms with Crippen molar-refractivity contribution in [1.82, 2.24) is 14.8 Å². The highest BCUT2D eigenvalue weighted by Gasteiger charge is 2.07. The fourth-order valence-electron chi connectivity index (χ4n) is 1.39. The van der Waals surface area contributed by atoms with Crippen LogP contribution in [-0.4, -0.2) is 21.9 Å². The van der Waals surface area contributed by atoms with Crippen LogP contribution in [0.5, 0.6) is 5.88 Å². The van der Waals surface area contributed by atoms with Crippen LogP contribution in [-0.2, 0) is 7.05 Å². The third-order valence-corrected chi connectivity index (χ3v) is 1.90. The zero-order valence-corrected chi connectivity index (χ0v) is 9.90. The molecule has 0 aromatic carbocycles. The third kappa shape index (κ3) is 2.26. The first-order chi connectivity index (χ1) is 7.20. The van der Waals surface area contributed by atoms with Crippen molar-refractivity contribution in [2.45, 2.75) is 20.8 Å². The smallest absolute Gasteiger partial charge is 0.242 e. The number of aromatic nitrogens is 3. The molecule has 2 heterocycles. The molecule has 2 aromatic rings. The minimum atomic E-state index is 0.593. The molecule has 4 nitrogen and oxygen atoms in total. The Hall–Kier alpha value is -1.58. The lowest BCUT2D eigenvalue weighted by Gasteiger charge is -1.99. The van der Waals surface area contributed by atoms with Crippen LogP contribution >= 0.6 is 0 Å². The lowest BCUT2D eigenvalue weighted by molar-refractivity contribution is 0.401. The molecule has 0 saturated carbocycles. The number of hydrogen-bond acceptors (Lipinski definition) is 3. The van der Waals surface area contributed by atoms with E-state index in [9.17, 15) is 0 Å². The summed E-state index contributed by atoms with van der Waals surface area (Å²) in [6, 6.07) is 1.99. The molecule has 0 amide bonds. The fraction of sp³-hybridized carbons (Fsp3) is 0.455. The zero-order chi connectivity index (χ0) is 11.4. The fourth-order valence-corrected chi connectivity index (χ4v) is 1.39. The van der Waals surface area contributed by atoms with Gasteiger partial charge in [-0.05, 0) is 13.0 Å². The van der Waals surface area contributed by atoms with Crippen LogP contribution in [0.1, 0.15) is 19.5 Å². The second kappa shape index (κ2) is 4.77. The van der Waals surface area contributed by atoms with Crippen LogP contribution in [0, 0.1) is 6.92 Å². The maximum absolute atomic E-state index is 5.13. The van der Waals surface area contributed by atoms with Crippen molar-refractivity contribution in [3.8, 4) is 5.88 Å². The quantitative estimate of drug-likeness (QED) is 0.720. The molecule has 0 unspecified atom stereocenters. The molecule has 0 atom stereocenters. The molecule has 0 radical (unpaired) electrons. The van der Waals surface area contributed by atoms with Gasteiger partial charge in [-0.3, -0.25) is 4.68 Å². The normalized spacial score (nSPS) is 9.67. The predicted octanol–water partition coefficient (Wildman–Crippen LogP) is 2.31. The summed E-state index contributed by atoms with van der Waals surface area (Å²) in [7, 11) is 3.49. The van der Waals surface area contributed by atoms with Gasteiger partial charge in [0.2, 0.25) is 5.88 Å². The number of nitrogens with zero attached hydrogens (tertiary/aromatic N) is 3. The summed E-state index contributed by atoms with van der Waals surface area (Å²) in [5.74, 6) is 0.593. The monoisotopic (exact) mass is 207 g/mol. The second-order valence-corrected chi connectivity index (χ2v) is 3.01. The Labute approximate surface area is 89.9 Å². The third-order valence-electron chi connectivity index (χ3n) is 1.90. The van der Waals surface area contributed by atoms with Gasteiger partial charge >= 0.3 is 0 Å². The summed E-state index contributed by atoms with van der Waals surface area (Å²) in [5.41, 5.74) is 1.76. The number of fused-ring (bicyclic) bond motifs is 1. The van der Waals surface area contributed by atoms with Crippen molar-refractivity contribution in [2.24, 2.45) is 7.05 Å². The van der Waals surface area contributed by atoms with E-state index < -0.39 is 0 Å². The molecule has 2 aromatic heterocycles. The molecule has 0 spiro atoms. The highest BCUT2D eigenvalue weighted by molar-refractivity contribution is 5.82. The number of hydrogen-bond donors (Lipinski definition) is 0. The Kier molecular flexibility index (Phi) is 3.66. The standard InChI is InChI=1S/C9H11N3O.C2H6/c1-6-4-7-5-12(2)11-8(7)9(10-6)13-3;1-2/h4-5H,1-3H3;1-2H3. The Bertz CT molecular complexity index is 448. The number of rotatable bonds is 1. The number of aryl methyl sites for hydroxylation is 2. The summed E-state index contributed by atoms with van der Waals surface area (Å²) >= 11 is 0. The number of pyridine rings is 1. The van der Waals surface area contributed by atoms with Gasteiger partial charge in [0, 0.05) is 24.3 Å². The van der Waals surface area contributed by atoms with Gasteiger partial charge in [0.05, 0.1) is 7.11 Å². The van der Waals surface area contributed by atoms with Gasteiger partial charge in [-0.2, -0.15) is 5.10 Å². The van der Waals surface area contributed by atoms with Crippen LogP contribution < -0.4 is 4.74 Å². The van der Waals surface area contributed by atoms with Gasteiger partial charge in [0.15, 0.2) is 5.52 Å². The average Bonchev–Trinajstić information content (AvgIpc) is 2.60. The van der Waals surface area contributed by atoms with E-state index in [1.807, 2.05) is 40.1 Å². The molecule has 0 fully saturated rings. The zero-order valence-electron chi connectivity index (χ0n) is 9.90. The Morgan fingerprint density at radius 3 is 2.60 bits per heavy atom. The van der Waals surface area contributed by atoms with Crippen molar-refractivity contribution in [3.63, 3.8) is 0 Å². The van der Waals surface area contributed by atoms with E-state index in [4.69, 9.17) is 4.74 Å². The van der Waals surface area contributed by atoms with Crippen LogP contribution in [0.15, 0.2) is 12.3 Å². The Morgan fingerprint density at radius 2 is 2.00 bits per heavy atom. The van der Waals surface area contributed by atoms with E-state index in [2.05, 4.69) is 10.1 Å².